The Morgan fingerprint density at radius 1 is 1.71 bits per heavy atom. The van der Waals surface area contributed by atoms with Crippen LogP contribution in [0.2, 0.25) is 0 Å². The molecule has 0 aromatic rings. The molecule has 1 N–H and O–H groups in total. The van der Waals surface area contributed by atoms with E-state index < -0.39 is 11.6 Å². The Morgan fingerprint density at radius 2 is 2.29 bits per heavy atom. The fourth-order valence-electron chi connectivity index (χ4n) is 1.04. The van der Waals surface area contributed by atoms with Crippen molar-refractivity contribution in [2.45, 2.75) is 20.0 Å². The minimum Gasteiger partial charge on any atom is -0.336 e. The molecule has 5 heteroatoms. The zero-order valence-corrected chi connectivity index (χ0v) is 8.38. The van der Waals surface area contributed by atoms with E-state index in [4.69, 9.17) is 5.26 Å². The van der Waals surface area contributed by atoms with Gasteiger partial charge >= 0.3 is 6.03 Å². The highest BCUT2D eigenvalue weighted by atomic mass is 19.1. The second kappa shape index (κ2) is 3.82. The van der Waals surface area contributed by atoms with Crippen molar-refractivity contribution >= 4 is 6.03 Å². The van der Waals surface area contributed by atoms with E-state index in [1.165, 1.54) is 4.90 Å². The molecule has 1 heterocycles. The van der Waals surface area contributed by atoms with E-state index >= 15 is 0 Å². The Kier molecular flexibility index (Phi) is 2.94. The summed E-state index contributed by atoms with van der Waals surface area (Å²) in [5, 5.41) is 11.3. The van der Waals surface area contributed by atoms with Gasteiger partial charge in [-0.2, -0.15) is 5.26 Å². The van der Waals surface area contributed by atoms with Crippen LogP contribution >= 0.6 is 0 Å². The largest absolute Gasteiger partial charge is 0.336 e. The molecule has 2 amide bonds. The van der Waals surface area contributed by atoms with Crippen LogP contribution in [-0.2, 0) is 0 Å². The van der Waals surface area contributed by atoms with Gasteiger partial charge in [-0.1, -0.05) is 0 Å². The van der Waals surface area contributed by atoms with Crippen molar-refractivity contribution < 1.29 is 9.18 Å². The molecule has 1 aliphatic heterocycles. The molecule has 4 nitrogen and oxygen atoms in total. The van der Waals surface area contributed by atoms with E-state index in [2.05, 4.69) is 11.4 Å². The molecule has 0 unspecified atom stereocenters. The maximum atomic E-state index is 12.4. The molecular formula is C9H14FN3O. The van der Waals surface area contributed by atoms with E-state index in [9.17, 15) is 9.18 Å². The van der Waals surface area contributed by atoms with Gasteiger partial charge in [0.15, 0.2) is 0 Å². The van der Waals surface area contributed by atoms with Crippen molar-refractivity contribution in [1.82, 2.24) is 10.2 Å². The normalized spacial score (nSPS) is 17.1. The molecule has 1 aliphatic rings. The molecule has 1 saturated heterocycles. The average molecular weight is 199 g/mol. The number of carbonyl (C=O) groups is 1. The standard InChI is InChI=1S/C9H14FN3O/c1-9(2,5-11)6-12-8(14)13-3-7(10)4-13/h7H,3-4,6H2,1-2H3,(H,12,14). The lowest BCUT2D eigenvalue weighted by atomic mass is 9.96. The predicted octanol–water partition coefficient (Wildman–Crippen LogP) is 0.899. The number of halogens is 1. The maximum Gasteiger partial charge on any atom is 0.317 e. The molecule has 14 heavy (non-hydrogen) atoms. The van der Waals surface area contributed by atoms with Crippen LogP contribution in [0.1, 0.15) is 13.8 Å². The van der Waals surface area contributed by atoms with E-state index in [0.717, 1.165) is 0 Å². The quantitative estimate of drug-likeness (QED) is 0.718. The Bertz CT molecular complexity index is 266. The van der Waals surface area contributed by atoms with Crippen LogP contribution in [0, 0.1) is 16.7 Å². The molecule has 0 aliphatic carbocycles. The highest BCUT2D eigenvalue weighted by Gasteiger charge is 2.31. The molecule has 0 spiro atoms. The SMILES string of the molecule is CC(C)(C#N)CNC(=O)N1CC(F)C1. The van der Waals surface area contributed by atoms with E-state index in [1.807, 2.05) is 0 Å². The predicted molar refractivity (Wildman–Crippen MR) is 49.3 cm³/mol. The molecule has 0 atom stereocenters. The first-order valence-electron chi connectivity index (χ1n) is 4.53. The van der Waals surface area contributed by atoms with Crippen molar-refractivity contribution in [3.8, 4) is 6.07 Å². The minimum atomic E-state index is -0.885. The Balaban J connectivity index is 2.26. The van der Waals surface area contributed by atoms with Crippen LogP contribution in [-0.4, -0.2) is 36.7 Å². The number of nitrogens with one attached hydrogen (secondary N) is 1. The third-order valence-electron chi connectivity index (χ3n) is 2.11. The summed E-state index contributed by atoms with van der Waals surface area (Å²) in [6.07, 6.45) is -0.885. The first-order valence-corrected chi connectivity index (χ1v) is 4.53. The van der Waals surface area contributed by atoms with Gasteiger partial charge in [-0.25, -0.2) is 9.18 Å². The monoisotopic (exact) mass is 199 g/mol. The third-order valence-corrected chi connectivity index (χ3v) is 2.11. The lowest BCUT2D eigenvalue weighted by Gasteiger charge is -2.34. The first-order chi connectivity index (χ1) is 6.44. The zero-order valence-electron chi connectivity index (χ0n) is 8.38. The zero-order chi connectivity index (χ0) is 10.8. The number of nitriles is 1. The fourth-order valence-corrected chi connectivity index (χ4v) is 1.04. The van der Waals surface area contributed by atoms with Gasteiger partial charge in [-0.3, -0.25) is 0 Å². The topological polar surface area (TPSA) is 56.1 Å². The number of alkyl halides is 1. The number of nitrogens with zero attached hydrogens (tertiary/aromatic N) is 2. The van der Waals surface area contributed by atoms with Crippen LogP contribution in [0.25, 0.3) is 0 Å². The second-order valence-corrected chi connectivity index (χ2v) is 4.16. The summed E-state index contributed by atoms with van der Waals surface area (Å²) in [5.41, 5.74) is -0.574. The summed E-state index contributed by atoms with van der Waals surface area (Å²) in [5.74, 6) is 0. The van der Waals surface area contributed by atoms with Crippen LogP contribution < -0.4 is 5.32 Å². The van der Waals surface area contributed by atoms with Gasteiger partial charge in [0.2, 0.25) is 0 Å². The number of likely N-dealkylation sites (tertiary alicyclic amines) is 1. The molecule has 0 aromatic carbocycles. The Morgan fingerprint density at radius 3 is 2.71 bits per heavy atom. The Labute approximate surface area is 82.7 Å². The number of amides is 2. The van der Waals surface area contributed by atoms with E-state index in [-0.39, 0.29) is 25.7 Å². The number of urea groups is 1. The van der Waals surface area contributed by atoms with Crippen molar-refractivity contribution in [3.63, 3.8) is 0 Å². The smallest absolute Gasteiger partial charge is 0.317 e. The fraction of sp³-hybridized carbons (Fsp3) is 0.778. The number of rotatable bonds is 2. The summed E-state index contributed by atoms with van der Waals surface area (Å²) >= 11 is 0. The van der Waals surface area contributed by atoms with E-state index in [0.29, 0.717) is 0 Å². The molecule has 0 bridgehead atoms. The van der Waals surface area contributed by atoms with Crippen LogP contribution in [0.15, 0.2) is 0 Å². The van der Waals surface area contributed by atoms with Gasteiger partial charge in [-0.05, 0) is 13.8 Å². The highest BCUT2D eigenvalue weighted by molar-refractivity contribution is 5.75. The van der Waals surface area contributed by atoms with E-state index in [1.54, 1.807) is 13.8 Å². The molecule has 1 rings (SSSR count). The lowest BCUT2D eigenvalue weighted by molar-refractivity contribution is 0.0889. The molecule has 78 valence electrons. The maximum absolute atomic E-state index is 12.4. The first kappa shape index (κ1) is 10.8. The lowest BCUT2D eigenvalue weighted by Crippen LogP contribution is -2.55. The van der Waals surface area contributed by atoms with Gasteiger partial charge in [0, 0.05) is 6.54 Å². The van der Waals surface area contributed by atoms with Gasteiger partial charge in [0.25, 0.3) is 0 Å². The molecule has 1 fully saturated rings. The van der Waals surface area contributed by atoms with Crippen molar-refractivity contribution in [2.75, 3.05) is 19.6 Å². The highest BCUT2D eigenvalue weighted by Crippen LogP contribution is 2.13. The number of hydrogen-bond acceptors (Lipinski definition) is 2. The third kappa shape index (κ3) is 2.59. The summed E-state index contributed by atoms with van der Waals surface area (Å²) < 4.78 is 12.4. The molecule has 0 radical (unpaired) electrons. The molecule has 0 saturated carbocycles. The summed E-state index contributed by atoms with van der Waals surface area (Å²) in [4.78, 5) is 12.7. The van der Waals surface area contributed by atoms with Crippen molar-refractivity contribution in [2.24, 2.45) is 5.41 Å². The average Bonchev–Trinajstić information content (AvgIpc) is 2.09. The van der Waals surface area contributed by atoms with Crippen LogP contribution in [0.4, 0.5) is 9.18 Å². The van der Waals surface area contributed by atoms with Gasteiger partial charge in [0.1, 0.15) is 6.17 Å². The minimum absolute atomic E-state index is 0.165. The van der Waals surface area contributed by atoms with Gasteiger partial charge in [-0.15, -0.1) is 0 Å². The number of hydrogen-bond donors (Lipinski definition) is 1. The van der Waals surface area contributed by atoms with Crippen LogP contribution in [0.5, 0.6) is 0 Å². The van der Waals surface area contributed by atoms with Crippen molar-refractivity contribution in [3.05, 3.63) is 0 Å². The summed E-state index contributed by atoms with van der Waals surface area (Å²) in [6.45, 7) is 4.09. The molecule has 0 aromatic heterocycles. The van der Waals surface area contributed by atoms with Crippen molar-refractivity contribution in [1.29, 1.82) is 5.26 Å². The second-order valence-electron chi connectivity index (χ2n) is 4.16. The summed E-state index contributed by atoms with van der Waals surface area (Å²) in [7, 11) is 0. The van der Waals surface area contributed by atoms with Crippen LogP contribution in [0.3, 0.4) is 0 Å². The van der Waals surface area contributed by atoms with Gasteiger partial charge in [0.05, 0.1) is 24.6 Å². The summed E-state index contributed by atoms with van der Waals surface area (Å²) in [6, 6.07) is 1.78. The Hall–Kier alpha value is -1.31. The van der Waals surface area contributed by atoms with Gasteiger partial charge < -0.3 is 10.2 Å². The molecular weight excluding hydrogens is 185 g/mol. The number of carbonyl (C=O) groups excluding carboxylic acids is 1.